The molecule has 2 aromatic carbocycles. The largest absolute Gasteiger partial charge is 0.493 e. The van der Waals surface area contributed by atoms with Crippen molar-refractivity contribution in [3.63, 3.8) is 0 Å². The third-order valence-electron chi connectivity index (χ3n) is 5.58. The Morgan fingerprint density at radius 3 is 2.32 bits per heavy atom. The monoisotopic (exact) mass is 422 g/mol. The van der Waals surface area contributed by atoms with Crippen molar-refractivity contribution in [1.29, 1.82) is 0 Å². The lowest BCUT2D eigenvalue weighted by atomic mass is 9.91. The van der Waals surface area contributed by atoms with Crippen LogP contribution in [-0.4, -0.2) is 38.9 Å². The van der Waals surface area contributed by atoms with Gasteiger partial charge in [-0.05, 0) is 18.9 Å². The molecule has 8 nitrogen and oxygen atoms in total. The Balaban J connectivity index is 1.72. The van der Waals surface area contributed by atoms with Crippen LogP contribution in [0, 0.1) is 0 Å². The summed E-state index contributed by atoms with van der Waals surface area (Å²) in [6, 6.07) is 7.34. The van der Waals surface area contributed by atoms with E-state index in [0.29, 0.717) is 52.1 Å². The van der Waals surface area contributed by atoms with Gasteiger partial charge in [0.05, 0.1) is 43.8 Å². The van der Waals surface area contributed by atoms with E-state index in [-0.39, 0.29) is 12.6 Å². The van der Waals surface area contributed by atoms with E-state index in [0.717, 1.165) is 29.4 Å². The Bertz CT molecular complexity index is 1180. The van der Waals surface area contributed by atoms with Crippen molar-refractivity contribution in [2.75, 3.05) is 33.4 Å². The molecule has 0 spiro atoms. The van der Waals surface area contributed by atoms with E-state index in [1.165, 1.54) is 0 Å². The number of benzene rings is 2. The first-order chi connectivity index (χ1) is 15.1. The number of methoxy groups -OCH3 is 3. The smallest absolute Gasteiger partial charge is 0.231 e. The molecule has 3 aromatic rings. The lowest BCUT2D eigenvalue weighted by Gasteiger charge is -2.22. The van der Waals surface area contributed by atoms with Crippen molar-refractivity contribution in [2.24, 2.45) is 0 Å². The van der Waals surface area contributed by atoms with Crippen molar-refractivity contribution in [3.05, 3.63) is 35.5 Å². The summed E-state index contributed by atoms with van der Waals surface area (Å²) < 4.78 is 27.5. The molecule has 0 fully saturated rings. The lowest BCUT2D eigenvalue weighted by molar-refractivity contribution is 0.0972. The quantitative estimate of drug-likeness (QED) is 0.653. The average molecular weight is 422 g/mol. The molecular weight excluding hydrogens is 400 g/mol. The summed E-state index contributed by atoms with van der Waals surface area (Å²) in [5, 5.41) is 4.21. The van der Waals surface area contributed by atoms with Crippen LogP contribution < -0.4 is 29.0 Å². The molecule has 1 aliphatic heterocycles. The highest BCUT2D eigenvalue weighted by atomic mass is 16.7. The van der Waals surface area contributed by atoms with Crippen molar-refractivity contribution < 1.29 is 28.5 Å². The second-order valence-electron chi connectivity index (χ2n) is 7.35. The van der Waals surface area contributed by atoms with Gasteiger partial charge >= 0.3 is 0 Å². The average Bonchev–Trinajstić information content (AvgIpc) is 3.24. The minimum Gasteiger partial charge on any atom is -0.493 e. The molecule has 0 unspecified atom stereocenters. The van der Waals surface area contributed by atoms with Gasteiger partial charge in [0.25, 0.3) is 0 Å². The molecule has 0 radical (unpaired) electrons. The number of Topliss-reactive ketones (excluding diaryl/α,β-unsaturated/α-hetero) is 1. The van der Waals surface area contributed by atoms with Crippen LogP contribution in [-0.2, 0) is 6.42 Å². The maximum Gasteiger partial charge on any atom is 0.231 e. The number of nitrogens with one attached hydrogen (secondary N) is 1. The van der Waals surface area contributed by atoms with E-state index in [4.69, 9.17) is 28.7 Å². The van der Waals surface area contributed by atoms with Gasteiger partial charge in [-0.3, -0.25) is 9.78 Å². The predicted octanol–water partition coefficient (Wildman–Crippen LogP) is 4.25. The van der Waals surface area contributed by atoms with Gasteiger partial charge in [-0.2, -0.15) is 0 Å². The summed E-state index contributed by atoms with van der Waals surface area (Å²) in [5.74, 6) is 2.88. The summed E-state index contributed by atoms with van der Waals surface area (Å²) in [7, 11) is 4.69. The molecule has 0 saturated heterocycles. The van der Waals surface area contributed by atoms with Gasteiger partial charge in [-0.1, -0.05) is 0 Å². The van der Waals surface area contributed by atoms with Crippen molar-refractivity contribution >= 4 is 28.1 Å². The molecular formula is C23H22N2O6. The minimum atomic E-state index is 0.0725. The third kappa shape index (κ3) is 3.15. The van der Waals surface area contributed by atoms with E-state index in [9.17, 15) is 4.79 Å². The Hall–Kier alpha value is -3.68. The van der Waals surface area contributed by atoms with Gasteiger partial charge in [-0.25, -0.2) is 0 Å². The van der Waals surface area contributed by atoms with Crippen molar-refractivity contribution in [2.45, 2.75) is 19.3 Å². The number of carbonyl (C=O) groups is 1. The fraction of sp³-hybridized carbons (Fsp3) is 0.304. The second-order valence-corrected chi connectivity index (χ2v) is 7.35. The van der Waals surface area contributed by atoms with Crippen LogP contribution in [0.25, 0.3) is 10.9 Å². The maximum absolute atomic E-state index is 12.9. The van der Waals surface area contributed by atoms with Gasteiger partial charge in [0, 0.05) is 35.7 Å². The number of ether oxygens (including phenoxy) is 5. The molecule has 5 rings (SSSR count). The molecule has 31 heavy (non-hydrogen) atoms. The molecule has 0 bridgehead atoms. The zero-order valence-corrected chi connectivity index (χ0v) is 17.5. The Kier molecular flexibility index (Phi) is 4.69. The van der Waals surface area contributed by atoms with Crippen LogP contribution >= 0.6 is 0 Å². The van der Waals surface area contributed by atoms with Gasteiger partial charge in [-0.15, -0.1) is 0 Å². The number of hydrogen-bond acceptors (Lipinski definition) is 8. The van der Waals surface area contributed by atoms with Crippen molar-refractivity contribution in [1.82, 2.24) is 4.98 Å². The molecule has 160 valence electrons. The summed E-state index contributed by atoms with van der Waals surface area (Å²) >= 11 is 0. The Morgan fingerprint density at radius 2 is 1.65 bits per heavy atom. The zero-order valence-electron chi connectivity index (χ0n) is 17.5. The summed E-state index contributed by atoms with van der Waals surface area (Å²) in [4.78, 5) is 17.7. The second kappa shape index (κ2) is 7.54. The first-order valence-electron chi connectivity index (χ1n) is 9.99. The van der Waals surface area contributed by atoms with Gasteiger partial charge < -0.3 is 29.0 Å². The number of nitrogens with zero attached hydrogens (tertiary/aromatic N) is 1. The van der Waals surface area contributed by atoms with Gasteiger partial charge in [0.1, 0.15) is 0 Å². The van der Waals surface area contributed by atoms with E-state index < -0.39 is 0 Å². The van der Waals surface area contributed by atoms with Gasteiger partial charge in [0.15, 0.2) is 28.8 Å². The number of rotatable bonds is 5. The number of pyridine rings is 1. The third-order valence-corrected chi connectivity index (χ3v) is 5.58. The first-order valence-corrected chi connectivity index (χ1v) is 9.99. The van der Waals surface area contributed by atoms with Crippen LogP contribution in [0.4, 0.5) is 11.4 Å². The number of anilines is 2. The molecule has 0 amide bonds. The summed E-state index contributed by atoms with van der Waals surface area (Å²) in [6.45, 7) is 0.167. The lowest BCUT2D eigenvalue weighted by Crippen LogP contribution is -2.15. The predicted molar refractivity (Wildman–Crippen MR) is 115 cm³/mol. The normalized spacial score (nSPS) is 14.4. The number of carbonyl (C=O) groups excluding carboxylic acids is 1. The number of fused-ring (bicyclic) bond motifs is 3. The van der Waals surface area contributed by atoms with Gasteiger partial charge in [0.2, 0.25) is 12.5 Å². The number of aryl methyl sites for hydroxylation is 1. The molecule has 0 saturated carbocycles. The van der Waals surface area contributed by atoms with E-state index in [1.54, 1.807) is 33.5 Å². The zero-order chi connectivity index (χ0) is 21.5. The molecule has 1 N–H and O–H groups in total. The van der Waals surface area contributed by atoms with Crippen LogP contribution in [0.1, 0.15) is 28.9 Å². The molecule has 0 atom stereocenters. The highest BCUT2D eigenvalue weighted by Crippen LogP contribution is 2.44. The van der Waals surface area contributed by atoms with E-state index in [1.807, 2.05) is 12.1 Å². The molecule has 2 aliphatic rings. The standard InChI is InChI=1S/C23H22N2O6/c1-27-19-7-12(8-20(28-2)23(19)29-3)24-22-13-9-17-18(31-11-30-17)10-15(13)25-14-5-4-6-16(26)21(14)22/h7-10H,4-6,11H2,1-3H3,(H,24,25). The van der Waals surface area contributed by atoms with E-state index in [2.05, 4.69) is 5.32 Å². The van der Waals surface area contributed by atoms with E-state index >= 15 is 0 Å². The molecule has 1 aromatic heterocycles. The molecule has 8 heteroatoms. The minimum absolute atomic E-state index is 0.0725. The van der Waals surface area contributed by atoms with Crippen LogP contribution in [0.2, 0.25) is 0 Å². The summed E-state index contributed by atoms with van der Waals surface area (Å²) in [5.41, 5.74) is 3.54. The number of ketones is 1. The highest BCUT2D eigenvalue weighted by Gasteiger charge is 2.27. The highest BCUT2D eigenvalue weighted by molar-refractivity contribution is 6.11. The van der Waals surface area contributed by atoms with Crippen LogP contribution in [0.15, 0.2) is 24.3 Å². The SMILES string of the molecule is COc1cc(Nc2c3c(nc4cc5c(cc24)OCO5)CCCC3=O)cc(OC)c1OC. The topological polar surface area (TPSA) is 88.1 Å². The Morgan fingerprint density at radius 1 is 0.935 bits per heavy atom. The number of hydrogen-bond donors (Lipinski definition) is 1. The fourth-order valence-corrected chi connectivity index (χ4v) is 4.15. The molecule has 1 aliphatic carbocycles. The Labute approximate surface area is 179 Å². The van der Waals surface area contributed by atoms with Crippen LogP contribution in [0.3, 0.4) is 0 Å². The van der Waals surface area contributed by atoms with Crippen LogP contribution in [0.5, 0.6) is 28.7 Å². The fourth-order valence-electron chi connectivity index (χ4n) is 4.15. The van der Waals surface area contributed by atoms with Crippen molar-refractivity contribution in [3.8, 4) is 28.7 Å². The maximum atomic E-state index is 12.9. The molecule has 2 heterocycles. The summed E-state index contributed by atoms with van der Waals surface area (Å²) in [6.07, 6.45) is 2.03. The first kappa shape index (κ1) is 19.3. The number of aromatic nitrogens is 1.